The van der Waals surface area contributed by atoms with E-state index in [4.69, 9.17) is 16.0 Å². The molecule has 0 spiro atoms. The molecule has 0 aliphatic rings. The topological polar surface area (TPSA) is 102 Å². The second kappa shape index (κ2) is 10.2. The number of carbonyl (C=O) groups is 2. The van der Waals surface area contributed by atoms with Crippen molar-refractivity contribution < 1.29 is 18.9 Å². The summed E-state index contributed by atoms with van der Waals surface area (Å²) in [6, 6.07) is 10.8. The van der Waals surface area contributed by atoms with E-state index in [1.807, 2.05) is 6.92 Å². The van der Waals surface area contributed by atoms with Crippen molar-refractivity contribution in [3.8, 4) is 0 Å². The molecule has 0 bridgehead atoms. The second-order valence-electron chi connectivity index (χ2n) is 7.19. The SMILES string of the molecule is CCCCc1oc2ccc([N+](=O)[O-])cc2c1C(=O)c1ccc(NC(=O)CCCCl)cc1. The number of fused-ring (bicyclic) bond motifs is 1. The second-order valence-corrected chi connectivity index (χ2v) is 7.57. The smallest absolute Gasteiger partial charge is 0.270 e. The molecule has 0 atom stereocenters. The maximum Gasteiger partial charge on any atom is 0.270 e. The molecule has 0 unspecified atom stereocenters. The fourth-order valence-corrected chi connectivity index (χ4v) is 3.45. The number of ketones is 1. The molecule has 1 amide bonds. The number of carbonyl (C=O) groups excluding carboxylic acids is 2. The van der Waals surface area contributed by atoms with Crippen LogP contribution in [0.15, 0.2) is 46.9 Å². The molecule has 1 aromatic heterocycles. The number of halogens is 1. The third-order valence-corrected chi connectivity index (χ3v) is 5.18. The van der Waals surface area contributed by atoms with Crippen LogP contribution in [0.1, 0.15) is 54.3 Å². The van der Waals surface area contributed by atoms with E-state index >= 15 is 0 Å². The molecular formula is C23H23ClN2O5. The number of aryl methyl sites for hydroxylation is 1. The lowest BCUT2D eigenvalue weighted by Gasteiger charge is -2.07. The maximum absolute atomic E-state index is 13.3. The van der Waals surface area contributed by atoms with Gasteiger partial charge in [0, 0.05) is 47.5 Å². The molecule has 2 aromatic carbocycles. The molecule has 162 valence electrons. The van der Waals surface area contributed by atoms with Gasteiger partial charge in [-0.3, -0.25) is 19.7 Å². The normalized spacial score (nSPS) is 10.9. The Morgan fingerprint density at radius 3 is 2.52 bits per heavy atom. The Morgan fingerprint density at radius 1 is 1.13 bits per heavy atom. The zero-order chi connectivity index (χ0) is 22.4. The number of unbranched alkanes of at least 4 members (excludes halogenated alkanes) is 1. The Kier molecular flexibility index (Phi) is 7.41. The van der Waals surface area contributed by atoms with Gasteiger partial charge in [-0.25, -0.2) is 0 Å². The number of non-ortho nitro benzene ring substituents is 1. The Bertz CT molecular complexity index is 1110. The van der Waals surface area contributed by atoms with Gasteiger partial charge in [0.15, 0.2) is 5.78 Å². The lowest BCUT2D eigenvalue weighted by molar-refractivity contribution is -0.384. The molecule has 0 aliphatic carbocycles. The van der Waals surface area contributed by atoms with Gasteiger partial charge in [-0.15, -0.1) is 11.6 Å². The highest BCUT2D eigenvalue weighted by Crippen LogP contribution is 2.32. The highest BCUT2D eigenvalue weighted by atomic mass is 35.5. The largest absolute Gasteiger partial charge is 0.460 e. The highest BCUT2D eigenvalue weighted by Gasteiger charge is 2.23. The van der Waals surface area contributed by atoms with Crippen LogP contribution in [-0.4, -0.2) is 22.5 Å². The third-order valence-electron chi connectivity index (χ3n) is 4.91. The van der Waals surface area contributed by atoms with Crippen LogP contribution < -0.4 is 5.32 Å². The summed E-state index contributed by atoms with van der Waals surface area (Å²) in [6.45, 7) is 2.04. The van der Waals surface area contributed by atoms with Crippen molar-refractivity contribution in [2.75, 3.05) is 11.2 Å². The van der Waals surface area contributed by atoms with Crippen LogP contribution in [-0.2, 0) is 11.2 Å². The molecule has 8 heteroatoms. The summed E-state index contributed by atoms with van der Waals surface area (Å²) < 4.78 is 5.88. The van der Waals surface area contributed by atoms with E-state index in [1.54, 1.807) is 24.3 Å². The maximum atomic E-state index is 13.3. The minimum Gasteiger partial charge on any atom is -0.460 e. The number of hydrogen-bond acceptors (Lipinski definition) is 5. The summed E-state index contributed by atoms with van der Waals surface area (Å²) >= 11 is 5.60. The van der Waals surface area contributed by atoms with Crippen molar-refractivity contribution in [3.63, 3.8) is 0 Å². The van der Waals surface area contributed by atoms with Crippen LogP contribution >= 0.6 is 11.6 Å². The zero-order valence-electron chi connectivity index (χ0n) is 17.2. The summed E-state index contributed by atoms with van der Waals surface area (Å²) in [7, 11) is 0. The van der Waals surface area contributed by atoms with Crippen LogP contribution in [0.25, 0.3) is 11.0 Å². The summed E-state index contributed by atoms with van der Waals surface area (Å²) in [5.41, 5.74) is 1.69. The van der Waals surface area contributed by atoms with Crippen molar-refractivity contribution in [1.82, 2.24) is 0 Å². The summed E-state index contributed by atoms with van der Waals surface area (Å²) in [6.07, 6.45) is 3.22. The number of benzene rings is 2. The lowest BCUT2D eigenvalue weighted by Crippen LogP contribution is -2.11. The fourth-order valence-electron chi connectivity index (χ4n) is 3.31. The van der Waals surface area contributed by atoms with Gasteiger partial charge in [0.25, 0.3) is 5.69 Å². The van der Waals surface area contributed by atoms with Gasteiger partial charge >= 0.3 is 0 Å². The molecule has 1 heterocycles. The number of amides is 1. The number of anilines is 1. The predicted octanol–water partition coefficient (Wildman–Crippen LogP) is 5.87. The van der Waals surface area contributed by atoms with E-state index in [-0.39, 0.29) is 17.4 Å². The van der Waals surface area contributed by atoms with E-state index < -0.39 is 4.92 Å². The summed E-state index contributed by atoms with van der Waals surface area (Å²) in [5, 5.41) is 14.4. The molecule has 3 aromatic rings. The van der Waals surface area contributed by atoms with Crippen LogP contribution in [0, 0.1) is 10.1 Å². The van der Waals surface area contributed by atoms with E-state index in [0.29, 0.717) is 58.7 Å². The molecule has 0 saturated carbocycles. The van der Waals surface area contributed by atoms with Crippen molar-refractivity contribution in [2.45, 2.75) is 39.0 Å². The first kappa shape index (κ1) is 22.5. The molecule has 0 aliphatic heterocycles. The number of rotatable bonds is 10. The minimum atomic E-state index is -0.492. The fraction of sp³-hybridized carbons (Fsp3) is 0.304. The quantitative estimate of drug-likeness (QED) is 0.183. The third kappa shape index (κ3) is 5.30. The molecule has 31 heavy (non-hydrogen) atoms. The molecule has 7 nitrogen and oxygen atoms in total. The molecule has 3 rings (SSSR count). The van der Waals surface area contributed by atoms with Crippen molar-refractivity contribution in [3.05, 3.63) is 69.5 Å². The standard InChI is InChI=1S/C23H23ClN2O5/c1-2-3-5-20-22(18-14-17(26(29)30)11-12-19(18)31-20)23(28)15-7-9-16(10-8-15)25-21(27)6-4-13-24/h7-12,14H,2-6,13H2,1H3,(H,25,27). The van der Waals surface area contributed by atoms with Crippen molar-refractivity contribution in [1.29, 1.82) is 0 Å². The Hall–Kier alpha value is -3.19. The van der Waals surface area contributed by atoms with Crippen molar-refractivity contribution >= 4 is 45.6 Å². The highest BCUT2D eigenvalue weighted by molar-refractivity contribution is 6.18. The Labute approximate surface area is 184 Å². The van der Waals surface area contributed by atoms with E-state index in [9.17, 15) is 19.7 Å². The van der Waals surface area contributed by atoms with Gasteiger partial charge in [0.05, 0.1) is 10.5 Å². The van der Waals surface area contributed by atoms with Crippen LogP contribution in [0.5, 0.6) is 0 Å². The number of nitro groups is 1. The van der Waals surface area contributed by atoms with Gasteiger partial charge in [-0.05, 0) is 43.2 Å². The first-order valence-electron chi connectivity index (χ1n) is 10.1. The van der Waals surface area contributed by atoms with Gasteiger partial charge in [0.2, 0.25) is 5.91 Å². The minimum absolute atomic E-state index is 0.0978. The Morgan fingerprint density at radius 2 is 1.87 bits per heavy atom. The number of nitrogens with zero attached hydrogens (tertiary/aromatic N) is 1. The monoisotopic (exact) mass is 442 g/mol. The summed E-state index contributed by atoms with van der Waals surface area (Å²) in [5.74, 6) is 0.527. The average Bonchev–Trinajstić information content (AvgIpc) is 3.13. The number of nitro benzene ring substituents is 1. The summed E-state index contributed by atoms with van der Waals surface area (Å²) in [4.78, 5) is 35.9. The van der Waals surface area contributed by atoms with E-state index in [0.717, 1.165) is 12.8 Å². The zero-order valence-corrected chi connectivity index (χ0v) is 17.9. The molecule has 0 fully saturated rings. The number of nitrogens with one attached hydrogen (secondary N) is 1. The predicted molar refractivity (Wildman–Crippen MR) is 120 cm³/mol. The average molecular weight is 443 g/mol. The van der Waals surface area contributed by atoms with Gasteiger partial charge < -0.3 is 9.73 Å². The van der Waals surface area contributed by atoms with Gasteiger partial charge in [-0.2, -0.15) is 0 Å². The van der Waals surface area contributed by atoms with Gasteiger partial charge in [0.1, 0.15) is 11.3 Å². The van der Waals surface area contributed by atoms with E-state index in [1.165, 1.54) is 18.2 Å². The van der Waals surface area contributed by atoms with Crippen LogP contribution in [0.4, 0.5) is 11.4 Å². The Balaban J connectivity index is 1.93. The van der Waals surface area contributed by atoms with Gasteiger partial charge in [-0.1, -0.05) is 13.3 Å². The first-order valence-corrected chi connectivity index (χ1v) is 10.7. The number of hydrogen-bond donors (Lipinski definition) is 1. The molecule has 0 radical (unpaired) electrons. The molecule has 0 saturated heterocycles. The molecular weight excluding hydrogens is 420 g/mol. The van der Waals surface area contributed by atoms with E-state index in [2.05, 4.69) is 5.32 Å². The number of furan rings is 1. The lowest BCUT2D eigenvalue weighted by atomic mass is 9.98. The number of alkyl halides is 1. The van der Waals surface area contributed by atoms with Crippen molar-refractivity contribution in [2.24, 2.45) is 0 Å². The molecule has 1 N–H and O–H groups in total. The van der Waals surface area contributed by atoms with Crippen LogP contribution in [0.2, 0.25) is 0 Å². The first-order chi connectivity index (χ1) is 14.9. The van der Waals surface area contributed by atoms with Crippen LogP contribution in [0.3, 0.4) is 0 Å².